The molecule has 1 heterocycles. The highest BCUT2D eigenvalue weighted by Crippen LogP contribution is 2.46. The Hall–Kier alpha value is -2.61. The fourth-order valence-corrected chi connectivity index (χ4v) is 3.12. The summed E-state index contributed by atoms with van der Waals surface area (Å²) in [5.74, 6) is 0.355. The van der Waals surface area contributed by atoms with Crippen molar-refractivity contribution in [1.82, 2.24) is 15.1 Å². The average Bonchev–Trinajstić information content (AvgIpc) is 3.40. The highest BCUT2D eigenvalue weighted by molar-refractivity contribution is 5.96. The van der Waals surface area contributed by atoms with E-state index >= 15 is 0 Å². The molecule has 1 atom stereocenters. The highest BCUT2D eigenvalue weighted by Gasteiger charge is 2.36. The van der Waals surface area contributed by atoms with Crippen molar-refractivity contribution in [3.8, 4) is 17.3 Å². The van der Waals surface area contributed by atoms with Crippen molar-refractivity contribution in [2.24, 2.45) is 0 Å². The average molecular weight is 350 g/mol. The summed E-state index contributed by atoms with van der Waals surface area (Å²) in [5, 5.41) is 17.0. The van der Waals surface area contributed by atoms with E-state index in [0.717, 1.165) is 36.1 Å². The summed E-state index contributed by atoms with van der Waals surface area (Å²) in [5.41, 5.74) is 4.22. The number of carbonyl (C=O) groups is 1. The minimum atomic E-state index is -0.0395. The zero-order valence-electron chi connectivity index (χ0n) is 15.9. The number of benzene rings is 1. The van der Waals surface area contributed by atoms with Crippen LogP contribution in [-0.4, -0.2) is 21.7 Å². The van der Waals surface area contributed by atoms with Crippen LogP contribution in [0.4, 0.5) is 0 Å². The molecule has 0 aliphatic heterocycles. The van der Waals surface area contributed by atoms with Crippen LogP contribution in [0.15, 0.2) is 24.3 Å². The van der Waals surface area contributed by atoms with Gasteiger partial charge < -0.3 is 5.32 Å². The number of nitrogens with one attached hydrogen (secondary N) is 1. The van der Waals surface area contributed by atoms with Crippen LogP contribution in [0.1, 0.15) is 80.5 Å². The lowest BCUT2D eigenvalue weighted by Crippen LogP contribution is -2.34. The zero-order valence-corrected chi connectivity index (χ0v) is 15.9. The number of hydrogen-bond acceptors (Lipinski definition) is 3. The van der Waals surface area contributed by atoms with E-state index in [1.165, 1.54) is 0 Å². The molecule has 1 aliphatic rings. The Kier molecular flexibility index (Phi) is 5.13. The lowest BCUT2D eigenvalue weighted by molar-refractivity contribution is 0.0925. The Morgan fingerprint density at radius 2 is 1.96 bits per heavy atom. The maximum atomic E-state index is 13.0. The van der Waals surface area contributed by atoms with Crippen molar-refractivity contribution >= 4 is 5.91 Å². The second-order valence-electron chi connectivity index (χ2n) is 7.40. The van der Waals surface area contributed by atoms with Crippen molar-refractivity contribution in [2.75, 3.05) is 0 Å². The third-order valence-electron chi connectivity index (χ3n) is 4.91. The molecule has 0 saturated heterocycles. The second-order valence-corrected chi connectivity index (χ2v) is 7.40. The van der Waals surface area contributed by atoms with E-state index in [1.807, 2.05) is 37.6 Å². The molecule has 0 radical (unpaired) electrons. The molecule has 1 saturated carbocycles. The third kappa shape index (κ3) is 3.50. The van der Waals surface area contributed by atoms with Gasteiger partial charge in [0.15, 0.2) is 0 Å². The fraction of sp³-hybridized carbons (Fsp3) is 0.476. The smallest absolute Gasteiger partial charge is 0.270 e. The van der Waals surface area contributed by atoms with E-state index in [9.17, 15) is 4.79 Å². The minimum absolute atomic E-state index is 0.0395. The zero-order chi connectivity index (χ0) is 18.8. The maximum Gasteiger partial charge on any atom is 0.270 e. The first-order valence-electron chi connectivity index (χ1n) is 9.40. The number of amides is 1. The number of nitriles is 1. The van der Waals surface area contributed by atoms with Crippen molar-refractivity contribution in [2.45, 2.75) is 65.0 Å². The Morgan fingerprint density at radius 1 is 1.31 bits per heavy atom. The summed E-state index contributed by atoms with van der Waals surface area (Å²) >= 11 is 0. The van der Waals surface area contributed by atoms with Crippen molar-refractivity contribution < 1.29 is 4.79 Å². The van der Waals surface area contributed by atoms with E-state index in [2.05, 4.69) is 18.3 Å². The van der Waals surface area contributed by atoms with Crippen LogP contribution in [0.2, 0.25) is 0 Å². The second kappa shape index (κ2) is 7.33. The Bertz CT molecular complexity index is 838. The Balaban J connectivity index is 2.12. The van der Waals surface area contributed by atoms with Gasteiger partial charge in [0.2, 0.25) is 0 Å². The van der Waals surface area contributed by atoms with Crippen molar-refractivity contribution in [3.05, 3.63) is 41.1 Å². The van der Waals surface area contributed by atoms with Gasteiger partial charge in [-0.25, -0.2) is 0 Å². The standard InChI is InChI=1S/C21H26N4O/c1-5-14(4)23-21(26)20-18(16-10-11-16)19(24-25(20)13(2)3)17-8-6-15(12-22)7-9-17/h6-9,13-14,16H,5,10-11H2,1-4H3,(H,23,26)/t14-/m1/s1. The van der Waals surface area contributed by atoms with Gasteiger partial charge in [-0.05, 0) is 58.1 Å². The molecule has 1 aromatic heterocycles. The van der Waals surface area contributed by atoms with Gasteiger partial charge in [0.05, 0.1) is 17.3 Å². The largest absolute Gasteiger partial charge is 0.348 e. The van der Waals surface area contributed by atoms with Crippen LogP contribution in [0, 0.1) is 11.3 Å². The van der Waals surface area contributed by atoms with Crippen molar-refractivity contribution in [1.29, 1.82) is 5.26 Å². The highest BCUT2D eigenvalue weighted by atomic mass is 16.2. The molecule has 5 heteroatoms. The van der Waals surface area contributed by atoms with E-state index in [1.54, 1.807) is 12.1 Å². The van der Waals surface area contributed by atoms with Gasteiger partial charge in [-0.15, -0.1) is 0 Å². The lowest BCUT2D eigenvalue weighted by Gasteiger charge is -2.15. The van der Waals surface area contributed by atoms with E-state index in [0.29, 0.717) is 17.2 Å². The van der Waals surface area contributed by atoms with Gasteiger partial charge in [0.1, 0.15) is 5.69 Å². The first-order valence-corrected chi connectivity index (χ1v) is 9.40. The number of rotatable bonds is 6. The van der Waals surface area contributed by atoms with Gasteiger partial charge >= 0.3 is 0 Å². The Labute approximate surface area is 155 Å². The van der Waals surface area contributed by atoms with Crippen LogP contribution in [0.25, 0.3) is 11.3 Å². The number of aromatic nitrogens is 2. The molecule has 1 fully saturated rings. The molecule has 1 aromatic carbocycles. The third-order valence-corrected chi connectivity index (χ3v) is 4.91. The number of hydrogen-bond donors (Lipinski definition) is 1. The molecule has 26 heavy (non-hydrogen) atoms. The molecular formula is C21H26N4O. The molecule has 1 aliphatic carbocycles. The van der Waals surface area contributed by atoms with E-state index < -0.39 is 0 Å². The normalized spacial score (nSPS) is 14.9. The first-order chi connectivity index (χ1) is 12.5. The lowest BCUT2D eigenvalue weighted by atomic mass is 10.0. The molecule has 3 rings (SSSR count). The molecule has 2 aromatic rings. The molecule has 0 spiro atoms. The van der Waals surface area contributed by atoms with Crippen LogP contribution in [-0.2, 0) is 0 Å². The van der Waals surface area contributed by atoms with Gasteiger partial charge in [0.25, 0.3) is 5.91 Å². The molecule has 1 N–H and O–H groups in total. The molecule has 1 amide bonds. The Morgan fingerprint density at radius 3 is 2.46 bits per heavy atom. The molecule has 5 nitrogen and oxygen atoms in total. The first kappa shape index (κ1) is 18.2. The van der Waals surface area contributed by atoms with Crippen LogP contribution < -0.4 is 5.32 Å². The summed E-state index contributed by atoms with van der Waals surface area (Å²) in [7, 11) is 0. The molecule has 0 unspecified atom stereocenters. The summed E-state index contributed by atoms with van der Waals surface area (Å²) in [4.78, 5) is 13.0. The maximum absolute atomic E-state index is 13.0. The number of carbonyl (C=O) groups excluding carboxylic acids is 1. The molecular weight excluding hydrogens is 324 g/mol. The van der Waals surface area contributed by atoms with Gasteiger partial charge in [-0.2, -0.15) is 10.4 Å². The quantitative estimate of drug-likeness (QED) is 0.839. The molecule has 136 valence electrons. The summed E-state index contributed by atoms with van der Waals surface area (Å²) < 4.78 is 1.86. The van der Waals surface area contributed by atoms with Crippen molar-refractivity contribution in [3.63, 3.8) is 0 Å². The van der Waals surface area contributed by atoms with E-state index in [-0.39, 0.29) is 18.0 Å². The van der Waals surface area contributed by atoms with Gasteiger partial charge in [0, 0.05) is 23.2 Å². The van der Waals surface area contributed by atoms with Gasteiger partial charge in [-0.3, -0.25) is 9.48 Å². The van der Waals surface area contributed by atoms with Gasteiger partial charge in [-0.1, -0.05) is 19.1 Å². The summed E-state index contributed by atoms with van der Waals surface area (Å²) in [6, 6.07) is 9.83. The fourth-order valence-electron chi connectivity index (χ4n) is 3.12. The van der Waals surface area contributed by atoms with Crippen LogP contribution >= 0.6 is 0 Å². The summed E-state index contributed by atoms with van der Waals surface area (Å²) in [6.07, 6.45) is 3.08. The topological polar surface area (TPSA) is 70.7 Å². The van der Waals surface area contributed by atoms with Crippen LogP contribution in [0.3, 0.4) is 0 Å². The SMILES string of the molecule is CC[C@@H](C)NC(=O)c1c(C2CC2)c(-c2ccc(C#N)cc2)nn1C(C)C. The summed E-state index contributed by atoms with van der Waals surface area (Å²) in [6.45, 7) is 8.18. The predicted molar refractivity (Wildman–Crippen MR) is 102 cm³/mol. The molecule has 0 bridgehead atoms. The minimum Gasteiger partial charge on any atom is -0.348 e. The van der Waals surface area contributed by atoms with E-state index in [4.69, 9.17) is 10.4 Å². The number of nitrogens with zero attached hydrogens (tertiary/aromatic N) is 3. The van der Waals surface area contributed by atoms with Crippen LogP contribution in [0.5, 0.6) is 0 Å². The predicted octanol–water partition coefficient (Wildman–Crippen LogP) is 4.41. The monoisotopic (exact) mass is 350 g/mol.